The fourth-order valence-electron chi connectivity index (χ4n) is 4.06. The standard InChI is InChI=1S/C26H29N5O3S/c1-17-9-10-19(11-12-28-35(4,33)34)13-22(17)26(32)29-18(2)23-14-25(20-15-27-31(3)16-20)30-24-8-6-5-7-21(23)24/h5-10,13-16,18,28H,11-12H2,1-4H3,(H,29,32)/t18-/m1/s1. The topological polar surface area (TPSA) is 106 Å². The first-order valence-corrected chi connectivity index (χ1v) is 13.2. The number of rotatable bonds is 8. The molecule has 0 unspecified atom stereocenters. The lowest BCUT2D eigenvalue weighted by Gasteiger charge is -2.19. The highest BCUT2D eigenvalue weighted by atomic mass is 32.2. The third kappa shape index (κ3) is 5.93. The van der Waals surface area contributed by atoms with Crippen molar-refractivity contribution in [1.29, 1.82) is 0 Å². The van der Waals surface area contributed by atoms with Crippen molar-refractivity contribution in [2.75, 3.05) is 12.8 Å². The number of carbonyl (C=O) groups excluding carboxylic acids is 1. The van der Waals surface area contributed by atoms with Gasteiger partial charge in [0.15, 0.2) is 0 Å². The summed E-state index contributed by atoms with van der Waals surface area (Å²) in [5, 5.41) is 8.37. The number of nitrogens with zero attached hydrogens (tertiary/aromatic N) is 3. The number of nitrogens with one attached hydrogen (secondary N) is 2. The van der Waals surface area contributed by atoms with Gasteiger partial charge in [0, 0.05) is 36.3 Å². The van der Waals surface area contributed by atoms with E-state index in [1.807, 2.05) is 75.6 Å². The molecule has 0 aliphatic carbocycles. The van der Waals surface area contributed by atoms with E-state index < -0.39 is 10.0 Å². The van der Waals surface area contributed by atoms with Crippen LogP contribution in [0.3, 0.4) is 0 Å². The lowest BCUT2D eigenvalue weighted by Crippen LogP contribution is -2.28. The minimum atomic E-state index is -3.26. The second-order valence-electron chi connectivity index (χ2n) is 8.78. The van der Waals surface area contributed by atoms with Gasteiger partial charge in [-0.05, 0) is 55.2 Å². The Kier molecular flexibility index (Phi) is 7.00. The molecule has 0 saturated carbocycles. The third-order valence-electron chi connectivity index (χ3n) is 5.89. The molecule has 0 bridgehead atoms. The molecule has 2 N–H and O–H groups in total. The fraction of sp³-hybridized carbons (Fsp3) is 0.269. The van der Waals surface area contributed by atoms with Gasteiger partial charge in [-0.15, -0.1) is 0 Å². The molecule has 35 heavy (non-hydrogen) atoms. The van der Waals surface area contributed by atoms with Crippen molar-refractivity contribution >= 4 is 26.8 Å². The van der Waals surface area contributed by atoms with Gasteiger partial charge >= 0.3 is 0 Å². The van der Waals surface area contributed by atoms with Crippen LogP contribution in [0.1, 0.15) is 40.0 Å². The molecule has 2 heterocycles. The zero-order chi connectivity index (χ0) is 25.2. The summed E-state index contributed by atoms with van der Waals surface area (Å²) >= 11 is 0. The summed E-state index contributed by atoms with van der Waals surface area (Å²) in [5.41, 5.74) is 5.83. The lowest BCUT2D eigenvalue weighted by molar-refractivity contribution is 0.0939. The maximum absolute atomic E-state index is 13.3. The van der Waals surface area contributed by atoms with Gasteiger partial charge in [-0.3, -0.25) is 9.48 Å². The molecular formula is C26H29N5O3S. The molecule has 2 aromatic carbocycles. The largest absolute Gasteiger partial charge is 0.345 e. The number of hydrogen-bond acceptors (Lipinski definition) is 5. The highest BCUT2D eigenvalue weighted by Crippen LogP contribution is 2.29. The Morgan fingerprint density at radius 3 is 2.63 bits per heavy atom. The van der Waals surface area contributed by atoms with Crippen molar-refractivity contribution in [3.05, 3.63) is 83.2 Å². The second kappa shape index (κ2) is 9.97. The number of sulfonamides is 1. The highest BCUT2D eigenvalue weighted by Gasteiger charge is 2.18. The van der Waals surface area contributed by atoms with Crippen molar-refractivity contribution in [3.63, 3.8) is 0 Å². The molecule has 0 radical (unpaired) electrons. The zero-order valence-electron chi connectivity index (χ0n) is 20.2. The van der Waals surface area contributed by atoms with Crippen LogP contribution < -0.4 is 10.0 Å². The average molecular weight is 492 g/mol. The van der Waals surface area contributed by atoms with E-state index in [4.69, 9.17) is 4.98 Å². The summed E-state index contributed by atoms with van der Waals surface area (Å²) in [7, 11) is -1.39. The van der Waals surface area contributed by atoms with Crippen LogP contribution in [0.25, 0.3) is 22.2 Å². The summed E-state index contributed by atoms with van der Waals surface area (Å²) in [6.07, 6.45) is 5.31. The van der Waals surface area contributed by atoms with E-state index in [9.17, 15) is 13.2 Å². The summed E-state index contributed by atoms with van der Waals surface area (Å²) in [4.78, 5) is 18.1. The van der Waals surface area contributed by atoms with Crippen LogP contribution in [0, 0.1) is 6.92 Å². The molecule has 4 rings (SSSR count). The van der Waals surface area contributed by atoms with Crippen molar-refractivity contribution < 1.29 is 13.2 Å². The first kappa shape index (κ1) is 24.6. The molecule has 9 heteroatoms. The van der Waals surface area contributed by atoms with Crippen LogP contribution >= 0.6 is 0 Å². The predicted molar refractivity (Wildman–Crippen MR) is 138 cm³/mol. The number of aromatic nitrogens is 3. The minimum Gasteiger partial charge on any atom is -0.345 e. The zero-order valence-corrected chi connectivity index (χ0v) is 21.1. The van der Waals surface area contributed by atoms with Crippen LogP contribution in [0.5, 0.6) is 0 Å². The summed E-state index contributed by atoms with van der Waals surface area (Å²) in [6.45, 7) is 4.13. The van der Waals surface area contributed by atoms with Crippen molar-refractivity contribution in [2.24, 2.45) is 7.05 Å². The molecule has 0 aliphatic heterocycles. The summed E-state index contributed by atoms with van der Waals surface area (Å²) < 4.78 is 26.9. The van der Waals surface area contributed by atoms with Crippen molar-refractivity contribution in [3.8, 4) is 11.3 Å². The Balaban J connectivity index is 1.60. The minimum absolute atomic E-state index is 0.184. The highest BCUT2D eigenvalue weighted by molar-refractivity contribution is 7.88. The lowest BCUT2D eigenvalue weighted by atomic mass is 9.99. The Labute approximate surface area is 205 Å². The molecule has 182 valence electrons. The Hall–Kier alpha value is -3.56. The normalized spacial score (nSPS) is 12.6. The number of fused-ring (bicyclic) bond motifs is 1. The van der Waals surface area contributed by atoms with E-state index in [0.717, 1.165) is 45.1 Å². The second-order valence-corrected chi connectivity index (χ2v) is 10.6. The van der Waals surface area contributed by atoms with Crippen LogP contribution in [0.15, 0.2) is 60.9 Å². The number of pyridine rings is 1. The maximum Gasteiger partial charge on any atom is 0.252 e. The Morgan fingerprint density at radius 1 is 1.14 bits per heavy atom. The predicted octanol–water partition coefficient (Wildman–Crippen LogP) is 3.53. The van der Waals surface area contributed by atoms with Gasteiger partial charge in [0.05, 0.1) is 29.7 Å². The number of amides is 1. The van der Waals surface area contributed by atoms with Gasteiger partial charge in [-0.1, -0.05) is 30.3 Å². The van der Waals surface area contributed by atoms with Gasteiger partial charge in [-0.2, -0.15) is 5.10 Å². The van der Waals surface area contributed by atoms with Crippen molar-refractivity contribution in [2.45, 2.75) is 26.3 Å². The van der Waals surface area contributed by atoms with Crippen molar-refractivity contribution in [1.82, 2.24) is 24.8 Å². The first-order chi connectivity index (χ1) is 16.6. The van der Waals surface area contributed by atoms with Gasteiger partial charge in [0.2, 0.25) is 10.0 Å². The van der Waals surface area contributed by atoms with Gasteiger partial charge in [-0.25, -0.2) is 18.1 Å². The number of carbonyl (C=O) groups is 1. The average Bonchev–Trinajstić information content (AvgIpc) is 3.24. The summed E-state index contributed by atoms with van der Waals surface area (Å²) in [5.74, 6) is -0.184. The Morgan fingerprint density at radius 2 is 1.91 bits per heavy atom. The molecule has 8 nitrogen and oxygen atoms in total. The van der Waals surface area contributed by atoms with E-state index in [2.05, 4.69) is 15.1 Å². The first-order valence-electron chi connectivity index (χ1n) is 11.3. The smallest absolute Gasteiger partial charge is 0.252 e. The van der Waals surface area contributed by atoms with E-state index in [1.165, 1.54) is 0 Å². The monoisotopic (exact) mass is 491 g/mol. The van der Waals surface area contributed by atoms with Gasteiger partial charge in [0.1, 0.15) is 0 Å². The van der Waals surface area contributed by atoms with E-state index in [0.29, 0.717) is 12.0 Å². The molecule has 0 fully saturated rings. The molecule has 2 aromatic heterocycles. The molecule has 4 aromatic rings. The Bertz CT molecular complexity index is 1490. The van der Waals surface area contributed by atoms with Crippen LogP contribution in [0.4, 0.5) is 0 Å². The maximum atomic E-state index is 13.3. The van der Waals surface area contributed by atoms with E-state index in [1.54, 1.807) is 10.9 Å². The van der Waals surface area contributed by atoms with Crippen LogP contribution in [-0.2, 0) is 23.5 Å². The van der Waals surface area contributed by atoms with E-state index in [-0.39, 0.29) is 18.5 Å². The number of para-hydroxylation sites is 1. The third-order valence-corrected chi connectivity index (χ3v) is 6.62. The number of hydrogen-bond donors (Lipinski definition) is 2. The molecule has 1 amide bonds. The summed E-state index contributed by atoms with van der Waals surface area (Å²) in [6, 6.07) is 15.2. The van der Waals surface area contributed by atoms with Crippen LogP contribution in [0.2, 0.25) is 0 Å². The van der Waals surface area contributed by atoms with E-state index >= 15 is 0 Å². The molecular weight excluding hydrogens is 462 g/mol. The molecule has 0 saturated heterocycles. The molecule has 1 atom stereocenters. The SMILES string of the molecule is Cc1ccc(CCNS(C)(=O)=O)cc1C(=O)N[C@H](C)c1cc(-c2cnn(C)c2)nc2ccccc12. The van der Waals surface area contributed by atoms with Crippen LogP contribution in [-0.4, -0.2) is 41.9 Å². The van der Waals surface area contributed by atoms with Gasteiger partial charge < -0.3 is 5.32 Å². The molecule has 0 spiro atoms. The molecule has 0 aliphatic rings. The quantitative estimate of drug-likeness (QED) is 0.392. The number of aryl methyl sites for hydroxylation is 2. The fourth-order valence-corrected chi connectivity index (χ4v) is 4.54. The van der Waals surface area contributed by atoms with Gasteiger partial charge in [0.25, 0.3) is 5.91 Å². The number of benzene rings is 2.